The Kier molecular flexibility index (Phi) is 30.3. The van der Waals surface area contributed by atoms with Crippen LogP contribution in [0.15, 0.2) is 12.3 Å². The molecule has 9 nitrogen and oxygen atoms in total. The topological polar surface area (TPSA) is 133 Å². The number of hydrogen-bond donors (Lipinski definition) is 1. The zero-order valence-corrected chi connectivity index (χ0v) is 37.3. The minimum atomic E-state index is -0.435. The Morgan fingerprint density at radius 2 is 1.07 bits per heavy atom. The van der Waals surface area contributed by atoms with Gasteiger partial charge in [-0.2, -0.15) is 0 Å². The van der Waals surface area contributed by atoms with E-state index in [1.54, 1.807) is 13.8 Å². The second kappa shape index (κ2) is 30.6. The third-order valence-corrected chi connectivity index (χ3v) is 8.75. The van der Waals surface area contributed by atoms with E-state index in [0.717, 1.165) is 77.0 Å². The van der Waals surface area contributed by atoms with Crippen LogP contribution in [0.5, 0.6) is 0 Å². The minimum absolute atomic E-state index is 0.0584. The SMILES string of the molecule is C=C1CC(CCCCCCCCCC(C)=O)C(=O)O1.CC(=O)CCCCCCCCCC(CC(=O)OCC(C)(C)C)C(=O)OCC(C)(C)C.CC(C)(C)CO. The van der Waals surface area contributed by atoms with Crippen molar-refractivity contribution in [1.82, 2.24) is 0 Å². The van der Waals surface area contributed by atoms with Gasteiger partial charge in [-0.25, -0.2) is 0 Å². The van der Waals surface area contributed by atoms with E-state index in [9.17, 15) is 24.0 Å². The average molecular weight is 781 g/mol. The predicted octanol–water partition coefficient (Wildman–Crippen LogP) is 11.5. The summed E-state index contributed by atoms with van der Waals surface area (Å²) in [4.78, 5) is 57.8. The fourth-order valence-corrected chi connectivity index (χ4v) is 5.41. The molecular formula is C46H84O9. The molecule has 1 saturated heterocycles. The number of hydrogen-bond acceptors (Lipinski definition) is 9. The molecule has 0 aliphatic carbocycles. The van der Waals surface area contributed by atoms with Gasteiger partial charge in [-0.3, -0.25) is 14.4 Å². The quantitative estimate of drug-likeness (QED) is 0.0546. The number of carbonyl (C=O) groups excluding carboxylic acids is 5. The molecule has 9 heteroatoms. The molecule has 0 amide bonds. The highest BCUT2D eigenvalue weighted by molar-refractivity contribution is 5.80. The van der Waals surface area contributed by atoms with E-state index < -0.39 is 5.92 Å². The van der Waals surface area contributed by atoms with Gasteiger partial charge in [0.1, 0.15) is 17.3 Å². The van der Waals surface area contributed by atoms with Crippen LogP contribution in [0, 0.1) is 28.1 Å². The van der Waals surface area contributed by atoms with Crippen LogP contribution in [0.2, 0.25) is 0 Å². The third-order valence-electron chi connectivity index (χ3n) is 8.75. The molecule has 2 atom stereocenters. The van der Waals surface area contributed by atoms with Gasteiger partial charge in [0.15, 0.2) is 0 Å². The van der Waals surface area contributed by atoms with Gasteiger partial charge in [0.25, 0.3) is 0 Å². The highest BCUT2D eigenvalue weighted by atomic mass is 16.5. The molecule has 55 heavy (non-hydrogen) atoms. The molecule has 1 fully saturated rings. The molecule has 0 spiro atoms. The number of allylic oxidation sites excluding steroid dienone is 1. The normalized spacial score (nSPS) is 14.9. The molecule has 0 radical (unpaired) electrons. The lowest BCUT2D eigenvalue weighted by molar-refractivity contribution is -0.158. The maximum atomic E-state index is 12.6. The predicted molar refractivity (Wildman–Crippen MR) is 223 cm³/mol. The molecule has 0 aromatic heterocycles. The summed E-state index contributed by atoms with van der Waals surface area (Å²) < 4.78 is 15.8. The van der Waals surface area contributed by atoms with E-state index in [-0.39, 0.29) is 58.9 Å². The standard InChI is InChI=1S/C25H46O5.C16H26O3.C5H12O/c1-20(26)15-13-11-9-8-10-12-14-16-21(23(28)30-19-25(5,6)7)17-22(27)29-18-24(2,3)4;1-13(17)10-8-6-4-3-5-7-9-11-15-12-14(2)19-16(15)18;1-5(2,3)4-6/h21H,8-19H2,1-7H3;15H,2-12H2,1H3;6H,4H2,1-3H3. The molecule has 0 aromatic rings. The molecular weight excluding hydrogens is 696 g/mol. The maximum Gasteiger partial charge on any atom is 0.314 e. The van der Waals surface area contributed by atoms with Crippen LogP contribution in [-0.2, 0) is 38.2 Å². The summed E-state index contributed by atoms with van der Waals surface area (Å²) in [6.45, 7) is 26.0. The lowest BCUT2D eigenvalue weighted by atomic mass is 9.95. The van der Waals surface area contributed by atoms with Crippen molar-refractivity contribution < 1.29 is 43.3 Å². The second-order valence-corrected chi connectivity index (χ2v) is 19.3. The highest BCUT2D eigenvalue weighted by Crippen LogP contribution is 2.28. The van der Waals surface area contributed by atoms with Gasteiger partial charge in [-0.1, -0.05) is 146 Å². The Balaban J connectivity index is 0. The van der Waals surface area contributed by atoms with Crippen molar-refractivity contribution in [3.05, 3.63) is 12.3 Å². The van der Waals surface area contributed by atoms with Crippen molar-refractivity contribution in [3.8, 4) is 0 Å². The zero-order valence-electron chi connectivity index (χ0n) is 37.3. The van der Waals surface area contributed by atoms with Gasteiger partial charge in [0.05, 0.1) is 31.5 Å². The van der Waals surface area contributed by atoms with Crippen molar-refractivity contribution in [2.75, 3.05) is 19.8 Å². The number of aliphatic hydroxyl groups excluding tert-OH is 1. The molecule has 1 aliphatic heterocycles. The van der Waals surface area contributed by atoms with Gasteiger partial charge >= 0.3 is 17.9 Å². The van der Waals surface area contributed by atoms with Gasteiger partial charge in [-0.15, -0.1) is 0 Å². The van der Waals surface area contributed by atoms with Crippen molar-refractivity contribution in [2.24, 2.45) is 28.1 Å². The number of ketones is 2. The Labute approximate surface area is 336 Å². The number of unbranched alkanes of at least 4 members (excludes halogenated alkanes) is 12. The minimum Gasteiger partial charge on any atom is -0.465 e. The summed E-state index contributed by atoms with van der Waals surface area (Å²) in [7, 11) is 0. The first-order chi connectivity index (χ1) is 25.5. The van der Waals surface area contributed by atoms with Crippen molar-refractivity contribution in [3.63, 3.8) is 0 Å². The monoisotopic (exact) mass is 781 g/mol. The third kappa shape index (κ3) is 39.5. The van der Waals surface area contributed by atoms with E-state index in [2.05, 4.69) is 6.58 Å². The molecule has 1 aliphatic rings. The fourth-order valence-electron chi connectivity index (χ4n) is 5.41. The molecule has 1 rings (SSSR count). The zero-order chi connectivity index (χ0) is 42.5. The molecule has 0 saturated carbocycles. The van der Waals surface area contributed by atoms with E-state index in [1.165, 1.54) is 25.7 Å². The molecule has 2 unspecified atom stereocenters. The summed E-state index contributed by atoms with van der Waals surface area (Å²) in [6.07, 6.45) is 19.4. The summed E-state index contributed by atoms with van der Waals surface area (Å²) in [5, 5.41) is 8.40. The van der Waals surface area contributed by atoms with E-state index in [1.807, 2.05) is 62.3 Å². The first-order valence-corrected chi connectivity index (χ1v) is 21.3. The Morgan fingerprint density at radius 3 is 1.45 bits per heavy atom. The van der Waals surface area contributed by atoms with Gasteiger partial charge < -0.3 is 28.9 Å². The number of rotatable bonds is 25. The number of ether oxygens (including phenoxy) is 3. The van der Waals surface area contributed by atoms with E-state index >= 15 is 0 Å². The van der Waals surface area contributed by atoms with Crippen LogP contribution in [0.4, 0.5) is 0 Å². The van der Waals surface area contributed by atoms with Gasteiger partial charge in [0, 0.05) is 25.9 Å². The average Bonchev–Trinajstić information content (AvgIpc) is 3.39. The Morgan fingerprint density at radius 1 is 0.673 bits per heavy atom. The number of carbonyl (C=O) groups is 5. The van der Waals surface area contributed by atoms with Crippen LogP contribution in [-0.4, -0.2) is 54.4 Å². The summed E-state index contributed by atoms with van der Waals surface area (Å²) in [6, 6.07) is 0. The molecule has 0 bridgehead atoms. The number of Topliss-reactive ketones (excluding diaryl/α,β-unsaturated/α-hetero) is 2. The number of esters is 3. The van der Waals surface area contributed by atoms with Crippen LogP contribution in [0.3, 0.4) is 0 Å². The summed E-state index contributed by atoms with van der Waals surface area (Å²) in [5.74, 6) is 0.105. The highest BCUT2D eigenvalue weighted by Gasteiger charge is 2.29. The number of cyclic esters (lactones) is 1. The van der Waals surface area contributed by atoms with Crippen LogP contribution < -0.4 is 0 Å². The summed E-state index contributed by atoms with van der Waals surface area (Å²) in [5.41, 5.74) is -0.0995. The van der Waals surface area contributed by atoms with Gasteiger partial charge in [0.2, 0.25) is 0 Å². The van der Waals surface area contributed by atoms with Crippen LogP contribution in [0.25, 0.3) is 0 Å². The van der Waals surface area contributed by atoms with Crippen molar-refractivity contribution in [2.45, 2.75) is 205 Å². The fraction of sp³-hybridized carbons (Fsp3) is 0.848. The lowest BCUT2D eigenvalue weighted by Crippen LogP contribution is -2.27. The van der Waals surface area contributed by atoms with Gasteiger partial charge in [-0.05, 0) is 55.8 Å². The molecule has 0 aromatic carbocycles. The maximum absolute atomic E-state index is 12.6. The van der Waals surface area contributed by atoms with E-state index in [0.29, 0.717) is 44.0 Å². The van der Waals surface area contributed by atoms with Crippen molar-refractivity contribution in [1.29, 1.82) is 0 Å². The lowest BCUT2D eigenvalue weighted by Gasteiger charge is -2.22. The van der Waals surface area contributed by atoms with Crippen LogP contribution in [0.1, 0.15) is 205 Å². The summed E-state index contributed by atoms with van der Waals surface area (Å²) >= 11 is 0. The Bertz CT molecular complexity index is 1090. The first kappa shape index (κ1) is 54.5. The Hall–Kier alpha value is -2.55. The van der Waals surface area contributed by atoms with Crippen molar-refractivity contribution >= 4 is 29.5 Å². The van der Waals surface area contributed by atoms with Crippen LogP contribution >= 0.6 is 0 Å². The smallest absolute Gasteiger partial charge is 0.314 e. The first-order valence-electron chi connectivity index (χ1n) is 21.3. The number of aliphatic hydroxyl groups is 1. The second-order valence-electron chi connectivity index (χ2n) is 19.3. The molecule has 1 N–H and O–H groups in total. The molecule has 322 valence electrons. The largest absolute Gasteiger partial charge is 0.465 e. The van der Waals surface area contributed by atoms with E-state index in [4.69, 9.17) is 19.3 Å². The molecule has 1 heterocycles.